The highest BCUT2D eigenvalue weighted by Crippen LogP contribution is 2.22. The SMILES string of the molecule is CCCCC(OC1CCCCC1)C(C)=O. The molecule has 0 heterocycles. The quantitative estimate of drug-likeness (QED) is 0.673. The number of unbranched alkanes of at least 4 members (excludes halogenated alkanes) is 1. The molecule has 0 aliphatic heterocycles. The predicted molar refractivity (Wildman–Crippen MR) is 62.0 cm³/mol. The van der Waals surface area contributed by atoms with E-state index in [1.807, 2.05) is 0 Å². The summed E-state index contributed by atoms with van der Waals surface area (Å²) in [6.45, 7) is 3.81. The van der Waals surface area contributed by atoms with Gasteiger partial charge in [-0.2, -0.15) is 0 Å². The largest absolute Gasteiger partial charge is 0.367 e. The predicted octanol–water partition coefficient (Wildman–Crippen LogP) is 3.48. The van der Waals surface area contributed by atoms with Gasteiger partial charge in [-0.3, -0.25) is 4.79 Å². The third-order valence-electron chi connectivity index (χ3n) is 3.18. The van der Waals surface area contributed by atoms with Gasteiger partial charge in [-0.15, -0.1) is 0 Å². The summed E-state index contributed by atoms with van der Waals surface area (Å²) in [6, 6.07) is 0. The molecule has 0 aromatic carbocycles. The third-order valence-corrected chi connectivity index (χ3v) is 3.18. The van der Waals surface area contributed by atoms with Crippen LogP contribution in [0.1, 0.15) is 65.2 Å². The highest BCUT2D eigenvalue weighted by Gasteiger charge is 2.21. The Labute approximate surface area is 93.4 Å². The molecule has 1 rings (SSSR count). The number of rotatable bonds is 6. The minimum atomic E-state index is -0.131. The second-order valence-electron chi connectivity index (χ2n) is 4.64. The highest BCUT2D eigenvalue weighted by atomic mass is 16.5. The van der Waals surface area contributed by atoms with Crippen molar-refractivity contribution < 1.29 is 9.53 Å². The molecule has 0 bridgehead atoms. The maximum absolute atomic E-state index is 11.4. The minimum absolute atomic E-state index is 0.131. The smallest absolute Gasteiger partial charge is 0.158 e. The Bertz CT molecular complexity index is 183. The highest BCUT2D eigenvalue weighted by molar-refractivity contribution is 5.80. The standard InChI is InChI=1S/C13H24O2/c1-3-4-10-13(11(2)14)15-12-8-6-5-7-9-12/h12-13H,3-10H2,1-2H3. The Morgan fingerprint density at radius 2 is 2.00 bits per heavy atom. The molecule has 0 N–H and O–H groups in total. The Morgan fingerprint density at radius 3 is 2.53 bits per heavy atom. The van der Waals surface area contributed by atoms with Gasteiger partial charge >= 0.3 is 0 Å². The van der Waals surface area contributed by atoms with Crippen molar-refractivity contribution in [1.29, 1.82) is 0 Å². The van der Waals surface area contributed by atoms with Crippen LogP contribution in [0, 0.1) is 0 Å². The van der Waals surface area contributed by atoms with E-state index in [0.29, 0.717) is 6.10 Å². The molecule has 0 radical (unpaired) electrons. The van der Waals surface area contributed by atoms with E-state index >= 15 is 0 Å². The number of hydrogen-bond acceptors (Lipinski definition) is 2. The van der Waals surface area contributed by atoms with Crippen LogP contribution in [-0.4, -0.2) is 18.0 Å². The molecule has 1 aliphatic carbocycles. The van der Waals surface area contributed by atoms with Crippen LogP contribution in [0.2, 0.25) is 0 Å². The van der Waals surface area contributed by atoms with Crippen molar-refractivity contribution in [3.63, 3.8) is 0 Å². The summed E-state index contributed by atoms with van der Waals surface area (Å²) in [7, 11) is 0. The van der Waals surface area contributed by atoms with Gasteiger partial charge in [0.05, 0.1) is 6.10 Å². The second kappa shape index (κ2) is 7.00. The zero-order valence-electron chi connectivity index (χ0n) is 10.1. The lowest BCUT2D eigenvalue weighted by atomic mass is 9.97. The number of hydrogen-bond donors (Lipinski definition) is 0. The number of carbonyl (C=O) groups is 1. The first-order valence-corrected chi connectivity index (χ1v) is 6.40. The average molecular weight is 212 g/mol. The van der Waals surface area contributed by atoms with E-state index in [9.17, 15) is 4.79 Å². The minimum Gasteiger partial charge on any atom is -0.367 e. The van der Waals surface area contributed by atoms with E-state index in [1.165, 1.54) is 19.3 Å². The fourth-order valence-electron chi connectivity index (χ4n) is 2.19. The van der Waals surface area contributed by atoms with E-state index in [4.69, 9.17) is 4.74 Å². The van der Waals surface area contributed by atoms with Crippen LogP contribution in [0.5, 0.6) is 0 Å². The molecule has 1 aliphatic rings. The molecule has 0 spiro atoms. The van der Waals surface area contributed by atoms with E-state index < -0.39 is 0 Å². The lowest BCUT2D eigenvalue weighted by molar-refractivity contribution is -0.134. The van der Waals surface area contributed by atoms with Crippen LogP contribution >= 0.6 is 0 Å². The summed E-state index contributed by atoms with van der Waals surface area (Å²) in [5, 5.41) is 0. The molecule has 0 amide bonds. The number of carbonyl (C=O) groups excluding carboxylic acids is 1. The van der Waals surface area contributed by atoms with Gasteiger partial charge in [-0.25, -0.2) is 0 Å². The van der Waals surface area contributed by atoms with Gasteiger partial charge in [0.15, 0.2) is 5.78 Å². The van der Waals surface area contributed by atoms with Gasteiger partial charge < -0.3 is 4.74 Å². The van der Waals surface area contributed by atoms with Gasteiger partial charge in [-0.1, -0.05) is 39.0 Å². The zero-order chi connectivity index (χ0) is 11.1. The van der Waals surface area contributed by atoms with Crippen molar-refractivity contribution in [2.24, 2.45) is 0 Å². The molecular formula is C13H24O2. The van der Waals surface area contributed by atoms with Crippen LogP contribution in [0.15, 0.2) is 0 Å². The van der Waals surface area contributed by atoms with Crippen LogP contribution in [0.4, 0.5) is 0 Å². The molecule has 0 aromatic rings. The molecule has 0 aromatic heterocycles. The van der Waals surface area contributed by atoms with Gasteiger partial charge in [0.25, 0.3) is 0 Å². The summed E-state index contributed by atoms with van der Waals surface area (Å²) in [4.78, 5) is 11.4. The van der Waals surface area contributed by atoms with E-state index in [0.717, 1.165) is 32.1 Å². The van der Waals surface area contributed by atoms with E-state index in [-0.39, 0.29) is 11.9 Å². The van der Waals surface area contributed by atoms with Gasteiger partial charge in [0, 0.05) is 0 Å². The first kappa shape index (κ1) is 12.7. The first-order valence-electron chi connectivity index (χ1n) is 6.40. The van der Waals surface area contributed by atoms with E-state index in [2.05, 4.69) is 6.92 Å². The Morgan fingerprint density at radius 1 is 1.33 bits per heavy atom. The first-order chi connectivity index (χ1) is 7.24. The number of ketones is 1. The number of ether oxygens (including phenoxy) is 1. The maximum Gasteiger partial charge on any atom is 0.158 e. The van der Waals surface area contributed by atoms with Gasteiger partial charge in [0.1, 0.15) is 6.10 Å². The summed E-state index contributed by atoms with van der Waals surface area (Å²) in [5.74, 6) is 0.203. The summed E-state index contributed by atoms with van der Waals surface area (Å²) in [6.07, 6.45) is 9.52. The molecule has 0 saturated heterocycles. The molecule has 2 nitrogen and oxygen atoms in total. The maximum atomic E-state index is 11.4. The van der Waals surface area contributed by atoms with Crippen LogP contribution in [0.3, 0.4) is 0 Å². The molecule has 2 heteroatoms. The Kier molecular flexibility index (Phi) is 5.92. The van der Waals surface area contributed by atoms with Gasteiger partial charge in [0.2, 0.25) is 0 Å². The molecule has 1 unspecified atom stereocenters. The normalized spacial score (nSPS) is 20.1. The fraction of sp³-hybridized carbons (Fsp3) is 0.923. The van der Waals surface area contributed by atoms with Crippen molar-refractivity contribution in [2.75, 3.05) is 0 Å². The zero-order valence-corrected chi connectivity index (χ0v) is 10.1. The van der Waals surface area contributed by atoms with Gasteiger partial charge in [-0.05, 0) is 26.2 Å². The molecule has 1 saturated carbocycles. The summed E-state index contributed by atoms with van der Waals surface area (Å²) < 4.78 is 5.91. The van der Waals surface area contributed by atoms with E-state index in [1.54, 1.807) is 6.92 Å². The number of Topliss-reactive ketones (excluding diaryl/α,β-unsaturated/α-hetero) is 1. The second-order valence-corrected chi connectivity index (χ2v) is 4.64. The van der Waals surface area contributed by atoms with Crippen molar-refractivity contribution in [2.45, 2.75) is 77.4 Å². The average Bonchev–Trinajstić information content (AvgIpc) is 2.25. The van der Waals surface area contributed by atoms with Crippen molar-refractivity contribution >= 4 is 5.78 Å². The van der Waals surface area contributed by atoms with Crippen LogP contribution in [-0.2, 0) is 9.53 Å². The molecule has 1 atom stereocenters. The lowest BCUT2D eigenvalue weighted by Gasteiger charge is -2.26. The molecule has 15 heavy (non-hydrogen) atoms. The Hall–Kier alpha value is -0.370. The fourth-order valence-corrected chi connectivity index (χ4v) is 2.19. The van der Waals surface area contributed by atoms with Crippen molar-refractivity contribution in [1.82, 2.24) is 0 Å². The topological polar surface area (TPSA) is 26.3 Å². The molecule has 88 valence electrons. The Balaban J connectivity index is 2.31. The monoisotopic (exact) mass is 212 g/mol. The third kappa shape index (κ3) is 4.78. The van der Waals surface area contributed by atoms with Crippen molar-refractivity contribution in [3.05, 3.63) is 0 Å². The van der Waals surface area contributed by atoms with Crippen LogP contribution < -0.4 is 0 Å². The summed E-state index contributed by atoms with van der Waals surface area (Å²) in [5.41, 5.74) is 0. The van der Waals surface area contributed by atoms with Crippen molar-refractivity contribution in [3.8, 4) is 0 Å². The molecule has 1 fully saturated rings. The molecular weight excluding hydrogens is 188 g/mol. The lowest BCUT2D eigenvalue weighted by Crippen LogP contribution is -2.29. The summed E-state index contributed by atoms with van der Waals surface area (Å²) >= 11 is 0. The van der Waals surface area contributed by atoms with Crippen LogP contribution in [0.25, 0.3) is 0 Å².